The lowest BCUT2D eigenvalue weighted by Crippen LogP contribution is -2.47. The summed E-state index contributed by atoms with van der Waals surface area (Å²) in [6.45, 7) is -0.803. The molecule has 2 heterocycles. The van der Waals surface area contributed by atoms with Crippen LogP contribution in [-0.4, -0.2) is 35.3 Å². The van der Waals surface area contributed by atoms with Crippen LogP contribution in [0.3, 0.4) is 0 Å². The Labute approximate surface area is 431 Å². The van der Waals surface area contributed by atoms with Gasteiger partial charge in [-0.2, -0.15) is 21.0 Å². The minimum absolute atomic E-state index is 0.159. The quantitative estimate of drug-likeness (QED) is 0.0430. The van der Waals surface area contributed by atoms with E-state index in [-0.39, 0.29) is 58.7 Å². The van der Waals surface area contributed by atoms with Crippen molar-refractivity contribution < 1.29 is 38.1 Å². The van der Waals surface area contributed by atoms with Gasteiger partial charge in [0.2, 0.25) is 22.3 Å². The number of esters is 4. The van der Waals surface area contributed by atoms with E-state index in [0.717, 1.165) is 22.7 Å². The summed E-state index contributed by atoms with van der Waals surface area (Å²) in [5, 5.41) is 39.2. The Morgan fingerprint density at radius 2 is 0.730 bits per heavy atom. The van der Waals surface area contributed by atoms with E-state index in [0.29, 0.717) is 43.2 Å². The summed E-state index contributed by atoms with van der Waals surface area (Å²) in [5.74, 6) is -5.09. The number of fused-ring (bicyclic) bond motifs is 7. The van der Waals surface area contributed by atoms with Gasteiger partial charge in [0.05, 0.1) is 0 Å². The van der Waals surface area contributed by atoms with Gasteiger partial charge in [0.25, 0.3) is 0 Å². The van der Waals surface area contributed by atoms with Crippen molar-refractivity contribution in [2.75, 3.05) is 0 Å². The number of nitriles is 4. The summed E-state index contributed by atoms with van der Waals surface area (Å²) < 4.78 is 24.4. The largest absolute Gasteiger partial charge is 0.459 e. The molecule has 2 unspecified atom stereocenters. The molecule has 4 aromatic carbocycles. The zero-order chi connectivity index (χ0) is 51.4. The number of rotatable bonds is 14. The normalized spacial score (nSPS) is 16.5. The fourth-order valence-corrected chi connectivity index (χ4v) is 11.8. The lowest BCUT2D eigenvalue weighted by Gasteiger charge is -2.35. The average molecular weight is 1010 g/mol. The van der Waals surface area contributed by atoms with Gasteiger partial charge in [-0.25, -0.2) is 9.98 Å². The zero-order valence-electron chi connectivity index (χ0n) is 38.8. The second-order valence-electron chi connectivity index (χ2n) is 17.2. The van der Waals surface area contributed by atoms with Crippen LogP contribution in [0, 0.1) is 57.2 Å². The van der Waals surface area contributed by atoms with Crippen LogP contribution in [0.25, 0.3) is 11.1 Å². The Kier molecular flexibility index (Phi) is 13.2. The monoisotopic (exact) mass is 1010 g/mol. The van der Waals surface area contributed by atoms with E-state index in [2.05, 4.69) is 9.98 Å². The molecule has 74 heavy (non-hydrogen) atoms. The third kappa shape index (κ3) is 8.50. The van der Waals surface area contributed by atoms with Gasteiger partial charge in [0.1, 0.15) is 60.7 Å². The Hall–Kier alpha value is -9.58. The van der Waals surface area contributed by atoms with Crippen molar-refractivity contribution >= 4 is 79.1 Å². The van der Waals surface area contributed by atoms with E-state index in [4.69, 9.17) is 18.9 Å². The highest BCUT2D eigenvalue weighted by molar-refractivity contribution is 7.17. The molecular formula is C58H36N6O8S2. The van der Waals surface area contributed by atoms with Gasteiger partial charge in [-0.05, 0) is 56.7 Å². The third-order valence-corrected chi connectivity index (χ3v) is 15.1. The molecule has 358 valence electrons. The summed E-state index contributed by atoms with van der Waals surface area (Å²) in [6, 6.07) is 45.9. The number of thiophene rings is 2. The van der Waals surface area contributed by atoms with Crippen LogP contribution in [0.1, 0.15) is 43.1 Å². The molecule has 0 spiro atoms. The van der Waals surface area contributed by atoms with Crippen molar-refractivity contribution in [3.8, 4) is 24.3 Å². The molecule has 0 bridgehead atoms. The molecule has 16 heteroatoms. The van der Waals surface area contributed by atoms with Crippen molar-refractivity contribution in [3.05, 3.63) is 212 Å². The van der Waals surface area contributed by atoms with Crippen molar-refractivity contribution in [2.24, 2.45) is 21.8 Å². The predicted octanol–water partition coefficient (Wildman–Crippen LogP) is 10.1. The first-order valence-corrected chi connectivity index (χ1v) is 24.6. The molecule has 2 atom stereocenters. The van der Waals surface area contributed by atoms with Crippen molar-refractivity contribution in [1.82, 2.24) is 0 Å². The molecule has 2 aromatic heterocycles. The predicted molar refractivity (Wildman–Crippen MR) is 273 cm³/mol. The SMILES string of the molecule is N#CC(C#N)=Nc1cc2c(s1)C1=CC3C=C4C(=CC3C=C1C2(C(=O)OCc1ccccc1)C(=O)OCc1ccccc1)c1sc(N=C(C#N)C#N)cc1C4(C(=O)OCc1ccccc1)C(=O)OCc1ccccc1. The minimum Gasteiger partial charge on any atom is -0.459 e. The first-order chi connectivity index (χ1) is 36.1. The molecule has 6 aromatic rings. The molecule has 0 N–H and O–H groups in total. The molecular weight excluding hydrogens is 973 g/mol. The van der Waals surface area contributed by atoms with Crippen molar-refractivity contribution in [2.45, 2.75) is 37.3 Å². The molecule has 0 saturated heterocycles. The number of nitrogens with zero attached hydrogens (tertiary/aromatic N) is 6. The first kappa shape index (κ1) is 48.1. The second-order valence-corrected chi connectivity index (χ2v) is 19.3. The maximum atomic E-state index is 15.3. The highest BCUT2D eigenvalue weighted by Crippen LogP contribution is 2.62. The summed E-state index contributed by atoms with van der Waals surface area (Å²) >= 11 is 2.11. The smallest absolute Gasteiger partial charge is 0.333 e. The van der Waals surface area contributed by atoms with Crippen LogP contribution in [0.5, 0.6) is 0 Å². The third-order valence-electron chi connectivity index (χ3n) is 12.9. The highest BCUT2D eigenvalue weighted by atomic mass is 32.1. The zero-order valence-corrected chi connectivity index (χ0v) is 40.4. The number of ether oxygens (including phenoxy) is 4. The van der Waals surface area contributed by atoms with Gasteiger partial charge in [0.15, 0.2) is 0 Å². The molecule has 0 aliphatic heterocycles. The standard InChI is InChI=1S/C58H36N6O8S2/c59-27-41(28-60)63-49-25-47-51(73-49)43-21-40-24-46-44(22-39(40)23-45(43)57(47,53(65)69-31-35-13-5-1-6-14-35)54(66)70-32-36-15-7-2-8-16-36)52-48(26-50(74-52)64-42(29-61)30-62)58(46,55(67)71-33-37-17-9-3-10-18-37)56(68)72-34-38-19-11-4-12-20-38/h1-26,39-40H,31-34H2. The molecule has 4 aliphatic rings. The molecule has 14 nitrogen and oxygen atoms in total. The fourth-order valence-electron chi connectivity index (χ4n) is 9.58. The van der Waals surface area contributed by atoms with Gasteiger partial charge in [-0.1, -0.05) is 146 Å². The topological polar surface area (TPSA) is 225 Å². The van der Waals surface area contributed by atoms with E-state index in [9.17, 15) is 21.0 Å². The Morgan fingerprint density at radius 1 is 0.446 bits per heavy atom. The van der Waals surface area contributed by atoms with Crippen LogP contribution in [0.4, 0.5) is 10.0 Å². The van der Waals surface area contributed by atoms with Crippen LogP contribution in [0.2, 0.25) is 0 Å². The molecule has 10 rings (SSSR count). The Balaban J connectivity index is 1.16. The maximum Gasteiger partial charge on any atom is 0.333 e. The molecule has 0 amide bonds. The number of hydrogen-bond donors (Lipinski definition) is 0. The lowest BCUT2D eigenvalue weighted by atomic mass is 9.68. The highest BCUT2D eigenvalue weighted by Gasteiger charge is 2.64. The minimum atomic E-state index is -2.26. The fraction of sp³-hybridized carbons (Fsp3) is 0.138. The van der Waals surface area contributed by atoms with E-state index in [1.165, 1.54) is 12.1 Å². The Morgan fingerprint density at radius 3 is 1.00 bits per heavy atom. The van der Waals surface area contributed by atoms with Gasteiger partial charge in [-0.3, -0.25) is 19.2 Å². The number of carbonyl (C=O) groups excluding carboxylic acids is 4. The number of benzene rings is 4. The summed E-state index contributed by atoms with van der Waals surface area (Å²) in [5.41, 5.74) is -1.12. The van der Waals surface area contributed by atoms with E-state index >= 15 is 19.2 Å². The van der Waals surface area contributed by atoms with Crippen LogP contribution >= 0.6 is 22.7 Å². The number of aliphatic imine (C=N–C) groups is 2. The van der Waals surface area contributed by atoms with Gasteiger partial charge >= 0.3 is 23.9 Å². The molecule has 0 fully saturated rings. The van der Waals surface area contributed by atoms with Gasteiger partial charge in [0, 0.05) is 32.7 Å². The van der Waals surface area contributed by atoms with Crippen LogP contribution in [-0.2, 0) is 75.4 Å². The average Bonchev–Trinajstić information content (AvgIpc) is 4.23. The molecule has 0 saturated carbocycles. The van der Waals surface area contributed by atoms with Crippen molar-refractivity contribution in [3.63, 3.8) is 0 Å². The van der Waals surface area contributed by atoms with Crippen molar-refractivity contribution in [1.29, 1.82) is 21.0 Å². The van der Waals surface area contributed by atoms with Gasteiger partial charge < -0.3 is 18.9 Å². The lowest BCUT2D eigenvalue weighted by molar-refractivity contribution is -0.166. The molecule has 0 radical (unpaired) electrons. The first-order valence-electron chi connectivity index (χ1n) is 22.9. The van der Waals surface area contributed by atoms with Gasteiger partial charge in [-0.15, -0.1) is 22.7 Å². The van der Waals surface area contributed by atoms with E-state index in [1.54, 1.807) is 133 Å². The Bertz CT molecular complexity index is 3270. The second kappa shape index (κ2) is 20.3. The number of allylic oxidation sites excluding steroid dienone is 6. The van der Waals surface area contributed by atoms with E-state index < -0.39 is 58.0 Å². The molecule has 4 aliphatic carbocycles. The summed E-state index contributed by atoms with van der Waals surface area (Å²) in [7, 11) is 0. The summed E-state index contributed by atoms with van der Waals surface area (Å²) in [4.78, 5) is 70.4. The summed E-state index contributed by atoms with van der Waals surface area (Å²) in [6.07, 6.45) is 7.27. The number of hydrogen-bond acceptors (Lipinski definition) is 16. The maximum absolute atomic E-state index is 15.3. The van der Waals surface area contributed by atoms with E-state index in [1.807, 2.05) is 36.4 Å². The van der Waals surface area contributed by atoms with Crippen LogP contribution < -0.4 is 0 Å². The van der Waals surface area contributed by atoms with Crippen LogP contribution in [0.15, 0.2) is 179 Å². The number of carbonyl (C=O) groups is 4.